The molecule has 170 valence electrons. The van der Waals surface area contributed by atoms with Gasteiger partial charge in [0.15, 0.2) is 12.4 Å². The molecule has 0 saturated heterocycles. The maximum absolute atomic E-state index is 12.6. The summed E-state index contributed by atoms with van der Waals surface area (Å²) in [5.41, 5.74) is 5.51. The van der Waals surface area contributed by atoms with Gasteiger partial charge in [0.05, 0.1) is 16.3 Å². The highest BCUT2D eigenvalue weighted by atomic mass is 79.9. The molecule has 0 unspecified atom stereocenters. The van der Waals surface area contributed by atoms with E-state index < -0.39 is 11.9 Å². The maximum Gasteiger partial charge on any atom is 0.343 e. The van der Waals surface area contributed by atoms with Gasteiger partial charge in [-0.1, -0.05) is 44.0 Å². The largest absolute Gasteiger partial charge is 0.484 e. The Morgan fingerprint density at radius 2 is 1.76 bits per heavy atom. The summed E-state index contributed by atoms with van der Waals surface area (Å²) in [6.07, 6.45) is 1.40. The molecule has 0 bridgehead atoms. The highest BCUT2D eigenvalue weighted by molar-refractivity contribution is 9.11. The molecule has 9 heteroatoms. The topological polar surface area (TPSA) is 77.0 Å². The third-order valence-electron chi connectivity index (χ3n) is 4.53. The lowest BCUT2D eigenvalue weighted by atomic mass is 10.1. The predicted molar refractivity (Wildman–Crippen MR) is 138 cm³/mol. The molecule has 0 spiro atoms. The second kappa shape index (κ2) is 11.6. The van der Waals surface area contributed by atoms with E-state index >= 15 is 0 Å². The number of halogens is 3. The number of amides is 1. The Morgan fingerprint density at radius 3 is 2.48 bits per heavy atom. The zero-order chi connectivity index (χ0) is 24.0. The van der Waals surface area contributed by atoms with Crippen LogP contribution in [0.15, 0.2) is 73.1 Å². The summed E-state index contributed by atoms with van der Waals surface area (Å²) < 4.78 is 13.2. The van der Waals surface area contributed by atoms with Crippen molar-refractivity contribution in [3.05, 3.63) is 90.3 Å². The van der Waals surface area contributed by atoms with Crippen molar-refractivity contribution in [3.63, 3.8) is 0 Å². The van der Waals surface area contributed by atoms with Crippen LogP contribution in [0.5, 0.6) is 11.5 Å². The molecule has 0 fully saturated rings. The summed E-state index contributed by atoms with van der Waals surface area (Å²) in [6, 6.07) is 16.0. The van der Waals surface area contributed by atoms with Crippen LogP contribution in [-0.2, 0) is 4.79 Å². The van der Waals surface area contributed by atoms with Crippen LogP contribution in [-0.4, -0.2) is 24.7 Å². The number of carbonyl (C=O) groups is 2. The van der Waals surface area contributed by atoms with Crippen LogP contribution >= 0.6 is 47.8 Å². The fourth-order valence-electron chi connectivity index (χ4n) is 2.71. The number of nitrogens with zero attached hydrogens (tertiary/aromatic N) is 1. The van der Waals surface area contributed by atoms with Crippen molar-refractivity contribution < 1.29 is 19.1 Å². The summed E-state index contributed by atoms with van der Waals surface area (Å²) in [6.45, 7) is 3.79. The summed E-state index contributed by atoms with van der Waals surface area (Å²) in [5.74, 6) is -0.0755. The third-order valence-corrected chi connectivity index (χ3v) is 6.07. The molecule has 0 aliphatic rings. The van der Waals surface area contributed by atoms with Crippen LogP contribution in [0.3, 0.4) is 0 Å². The Balaban J connectivity index is 1.67. The standard InChI is InChI=1S/C24H19Br3N2O4/c1-14-6-7-20(8-15(14)2)32-13-22(30)29-28-12-17-10-19(26)11-21(27)23(17)33-24(31)16-4-3-5-18(25)9-16/h3-12H,13H2,1-2H3,(H,29,30)/b28-12+. The average Bonchev–Trinajstić information content (AvgIpc) is 2.76. The van der Waals surface area contributed by atoms with Gasteiger partial charge < -0.3 is 9.47 Å². The van der Waals surface area contributed by atoms with Crippen molar-refractivity contribution in [2.75, 3.05) is 6.61 Å². The van der Waals surface area contributed by atoms with Gasteiger partial charge >= 0.3 is 5.97 Å². The van der Waals surface area contributed by atoms with E-state index in [0.29, 0.717) is 21.3 Å². The maximum atomic E-state index is 12.6. The van der Waals surface area contributed by atoms with Crippen molar-refractivity contribution in [2.24, 2.45) is 5.10 Å². The molecule has 0 aliphatic heterocycles. The van der Waals surface area contributed by atoms with Crippen molar-refractivity contribution in [1.82, 2.24) is 5.43 Å². The molecular weight excluding hydrogens is 620 g/mol. The van der Waals surface area contributed by atoms with E-state index in [1.165, 1.54) is 6.21 Å². The Kier molecular flexibility index (Phi) is 8.82. The lowest BCUT2D eigenvalue weighted by molar-refractivity contribution is -0.123. The predicted octanol–water partition coefficient (Wildman–Crippen LogP) is 6.34. The zero-order valence-corrected chi connectivity index (χ0v) is 22.5. The Hall–Kier alpha value is -2.49. The molecule has 0 aliphatic carbocycles. The van der Waals surface area contributed by atoms with Crippen LogP contribution < -0.4 is 14.9 Å². The normalized spacial score (nSPS) is 10.8. The molecule has 3 aromatic rings. The van der Waals surface area contributed by atoms with Crippen molar-refractivity contribution in [3.8, 4) is 11.5 Å². The van der Waals surface area contributed by atoms with E-state index in [1.807, 2.05) is 38.1 Å². The first kappa shape index (κ1) is 25.1. The average molecular weight is 639 g/mol. The number of esters is 1. The van der Waals surface area contributed by atoms with E-state index in [-0.39, 0.29) is 12.4 Å². The number of benzene rings is 3. The number of hydrazone groups is 1. The number of rotatable bonds is 7. The fourth-order valence-corrected chi connectivity index (χ4v) is 4.45. The van der Waals surface area contributed by atoms with Crippen molar-refractivity contribution in [1.29, 1.82) is 0 Å². The quantitative estimate of drug-likeness (QED) is 0.142. The van der Waals surface area contributed by atoms with Gasteiger partial charge in [-0.15, -0.1) is 0 Å². The fraction of sp³-hybridized carbons (Fsp3) is 0.125. The second-order valence-electron chi connectivity index (χ2n) is 7.03. The summed E-state index contributed by atoms with van der Waals surface area (Å²) in [7, 11) is 0. The first-order valence-electron chi connectivity index (χ1n) is 9.71. The number of aryl methyl sites for hydroxylation is 2. The van der Waals surface area contributed by atoms with E-state index in [9.17, 15) is 9.59 Å². The van der Waals surface area contributed by atoms with E-state index in [1.54, 1.807) is 30.3 Å². The van der Waals surface area contributed by atoms with Gasteiger partial charge in [-0.25, -0.2) is 10.2 Å². The molecule has 33 heavy (non-hydrogen) atoms. The minimum absolute atomic E-state index is 0.188. The smallest absolute Gasteiger partial charge is 0.343 e. The summed E-state index contributed by atoms with van der Waals surface area (Å²) in [4.78, 5) is 24.7. The molecule has 0 aromatic heterocycles. The highest BCUT2D eigenvalue weighted by Crippen LogP contribution is 2.33. The number of nitrogens with one attached hydrogen (secondary N) is 1. The van der Waals surface area contributed by atoms with E-state index in [0.717, 1.165) is 20.1 Å². The van der Waals surface area contributed by atoms with Crippen LogP contribution in [0.1, 0.15) is 27.0 Å². The van der Waals surface area contributed by atoms with Gasteiger partial charge in [-0.3, -0.25) is 4.79 Å². The van der Waals surface area contributed by atoms with E-state index in [2.05, 4.69) is 58.3 Å². The Morgan fingerprint density at radius 1 is 0.970 bits per heavy atom. The van der Waals surface area contributed by atoms with Crippen LogP contribution in [0.25, 0.3) is 0 Å². The highest BCUT2D eigenvalue weighted by Gasteiger charge is 2.15. The lowest BCUT2D eigenvalue weighted by Crippen LogP contribution is -2.24. The molecule has 1 N–H and O–H groups in total. The first-order chi connectivity index (χ1) is 15.7. The molecule has 6 nitrogen and oxygen atoms in total. The SMILES string of the molecule is Cc1ccc(OCC(=O)N/N=C/c2cc(Br)cc(Br)c2OC(=O)c2cccc(Br)c2)cc1C. The Bertz CT molecular complexity index is 1230. The van der Waals surface area contributed by atoms with Crippen LogP contribution in [0.2, 0.25) is 0 Å². The van der Waals surface area contributed by atoms with Crippen molar-refractivity contribution >= 4 is 65.9 Å². The monoisotopic (exact) mass is 636 g/mol. The number of ether oxygens (including phenoxy) is 2. The molecular formula is C24H19Br3N2O4. The molecule has 0 atom stereocenters. The minimum Gasteiger partial charge on any atom is -0.484 e. The minimum atomic E-state index is -0.528. The van der Waals surface area contributed by atoms with Gasteiger partial charge in [0, 0.05) is 14.5 Å². The molecule has 3 rings (SSSR count). The first-order valence-corrected chi connectivity index (χ1v) is 12.1. The van der Waals surface area contributed by atoms with Gasteiger partial charge in [-0.05, 0) is 83.4 Å². The number of hydrogen-bond acceptors (Lipinski definition) is 5. The molecule has 0 saturated carbocycles. The third kappa shape index (κ3) is 7.25. The van der Waals surface area contributed by atoms with Gasteiger partial charge in [0.1, 0.15) is 5.75 Å². The molecule has 0 radical (unpaired) electrons. The summed E-state index contributed by atoms with van der Waals surface area (Å²) in [5, 5.41) is 3.98. The van der Waals surface area contributed by atoms with Gasteiger partial charge in [-0.2, -0.15) is 5.10 Å². The van der Waals surface area contributed by atoms with Crippen molar-refractivity contribution in [2.45, 2.75) is 13.8 Å². The zero-order valence-electron chi connectivity index (χ0n) is 17.7. The van der Waals surface area contributed by atoms with Gasteiger partial charge in [0.25, 0.3) is 5.91 Å². The second-order valence-corrected chi connectivity index (χ2v) is 9.72. The summed E-state index contributed by atoms with van der Waals surface area (Å²) >= 11 is 10.2. The number of hydrogen-bond donors (Lipinski definition) is 1. The lowest BCUT2D eigenvalue weighted by Gasteiger charge is -2.11. The van der Waals surface area contributed by atoms with Crippen LogP contribution in [0, 0.1) is 13.8 Å². The van der Waals surface area contributed by atoms with E-state index in [4.69, 9.17) is 9.47 Å². The number of carbonyl (C=O) groups excluding carboxylic acids is 2. The Labute approximate surface area is 216 Å². The van der Waals surface area contributed by atoms with Gasteiger partial charge in [0.2, 0.25) is 0 Å². The molecule has 0 heterocycles. The molecule has 3 aromatic carbocycles. The van der Waals surface area contributed by atoms with Crippen LogP contribution in [0.4, 0.5) is 0 Å². The molecule has 1 amide bonds.